The second-order valence-corrected chi connectivity index (χ2v) is 4.48. The summed E-state index contributed by atoms with van der Waals surface area (Å²) in [5.41, 5.74) is 8.40. The summed E-state index contributed by atoms with van der Waals surface area (Å²) in [4.78, 5) is 0. The second kappa shape index (κ2) is 4.37. The van der Waals surface area contributed by atoms with E-state index in [9.17, 15) is 0 Å². The third-order valence-corrected chi connectivity index (χ3v) is 3.14. The normalized spacial score (nSPS) is 10.8. The van der Waals surface area contributed by atoms with E-state index >= 15 is 0 Å². The Morgan fingerprint density at radius 3 is 2.74 bits per heavy atom. The molecular weight excluding hydrogens is 262 g/mol. The van der Waals surface area contributed by atoms with Crippen molar-refractivity contribution in [3.8, 4) is 5.69 Å². The Labute approximate surface area is 114 Å². The van der Waals surface area contributed by atoms with Gasteiger partial charge in [-0.1, -0.05) is 28.9 Å². The fourth-order valence-corrected chi connectivity index (χ4v) is 2.15. The number of nitrogens with one attached hydrogen (secondary N) is 1. The monoisotopic (exact) mass is 271 g/mol. The quantitative estimate of drug-likeness (QED) is 0.554. The molecule has 3 N–H and O–H groups in total. The molecule has 0 unspecified atom stereocenters. The largest absolute Gasteiger partial charge is 0.384 e. The van der Waals surface area contributed by atoms with Crippen molar-refractivity contribution in [3.63, 3.8) is 0 Å². The highest BCUT2D eigenvalue weighted by Crippen LogP contribution is 2.24. The van der Waals surface area contributed by atoms with Gasteiger partial charge in [-0.05, 0) is 30.3 Å². The van der Waals surface area contributed by atoms with Gasteiger partial charge < -0.3 is 5.73 Å². The summed E-state index contributed by atoms with van der Waals surface area (Å²) in [7, 11) is 0. The van der Waals surface area contributed by atoms with Gasteiger partial charge in [0, 0.05) is 5.56 Å². The van der Waals surface area contributed by atoms with Crippen LogP contribution in [0.3, 0.4) is 0 Å². The highest BCUT2D eigenvalue weighted by Gasteiger charge is 2.10. The van der Waals surface area contributed by atoms with Crippen LogP contribution in [0.15, 0.2) is 42.5 Å². The molecule has 0 atom stereocenters. The summed E-state index contributed by atoms with van der Waals surface area (Å²) in [6.07, 6.45) is 0. The lowest BCUT2D eigenvalue weighted by atomic mass is 10.2. The molecule has 3 aromatic rings. The number of nitrogens with zero attached hydrogens (tertiary/aromatic N) is 3. The highest BCUT2D eigenvalue weighted by atomic mass is 35.5. The van der Waals surface area contributed by atoms with E-state index in [1.807, 2.05) is 24.3 Å². The van der Waals surface area contributed by atoms with Crippen molar-refractivity contribution >= 4 is 28.5 Å². The minimum atomic E-state index is -0.0168. The van der Waals surface area contributed by atoms with E-state index in [2.05, 4.69) is 10.3 Å². The van der Waals surface area contributed by atoms with Gasteiger partial charge in [-0.2, -0.15) is 0 Å². The van der Waals surface area contributed by atoms with Gasteiger partial charge in [0.25, 0.3) is 0 Å². The Bertz CT molecular complexity index is 778. The first-order valence-electron chi connectivity index (χ1n) is 5.61. The lowest BCUT2D eigenvalue weighted by molar-refractivity contribution is 0.824. The van der Waals surface area contributed by atoms with Gasteiger partial charge in [-0.15, -0.1) is 5.10 Å². The summed E-state index contributed by atoms with van der Waals surface area (Å²) >= 11 is 6.22. The maximum atomic E-state index is 7.39. The smallest absolute Gasteiger partial charge is 0.122 e. The Hall–Kier alpha value is -2.40. The zero-order chi connectivity index (χ0) is 13.4. The summed E-state index contributed by atoms with van der Waals surface area (Å²) in [5.74, 6) is -0.0168. The number of halogens is 1. The van der Waals surface area contributed by atoms with Crippen molar-refractivity contribution in [2.75, 3.05) is 0 Å². The molecule has 2 aromatic carbocycles. The molecule has 1 heterocycles. The van der Waals surface area contributed by atoms with E-state index in [4.69, 9.17) is 22.7 Å². The van der Waals surface area contributed by atoms with Crippen LogP contribution in [-0.2, 0) is 0 Å². The first-order valence-corrected chi connectivity index (χ1v) is 5.99. The number of nitrogen functional groups attached to an aromatic ring is 1. The van der Waals surface area contributed by atoms with Crippen LogP contribution in [0.1, 0.15) is 5.56 Å². The topological polar surface area (TPSA) is 80.6 Å². The van der Waals surface area contributed by atoms with Crippen molar-refractivity contribution in [2.24, 2.45) is 5.73 Å². The van der Waals surface area contributed by atoms with Gasteiger partial charge in [0.2, 0.25) is 0 Å². The van der Waals surface area contributed by atoms with Crippen molar-refractivity contribution in [3.05, 3.63) is 53.1 Å². The summed E-state index contributed by atoms with van der Waals surface area (Å²) in [6.45, 7) is 0. The fraction of sp³-hybridized carbons (Fsp3) is 0. The Morgan fingerprint density at radius 1 is 1.21 bits per heavy atom. The molecule has 5 nitrogen and oxygen atoms in total. The lowest BCUT2D eigenvalue weighted by Gasteiger charge is -2.06. The number of benzene rings is 2. The number of nitrogens with two attached hydrogens (primary N) is 1. The van der Waals surface area contributed by atoms with Crippen LogP contribution in [0.2, 0.25) is 5.02 Å². The molecule has 0 bridgehead atoms. The summed E-state index contributed by atoms with van der Waals surface area (Å²) < 4.78 is 1.67. The number of rotatable bonds is 2. The van der Waals surface area contributed by atoms with Crippen LogP contribution < -0.4 is 5.73 Å². The average Bonchev–Trinajstić information content (AvgIpc) is 2.82. The molecule has 0 spiro atoms. The first-order chi connectivity index (χ1) is 9.16. The van der Waals surface area contributed by atoms with Crippen LogP contribution in [0.5, 0.6) is 0 Å². The molecule has 0 aliphatic rings. The number of fused-ring (bicyclic) bond motifs is 1. The van der Waals surface area contributed by atoms with E-state index in [0.29, 0.717) is 16.3 Å². The number of hydrogen-bond acceptors (Lipinski definition) is 3. The fourth-order valence-electron chi connectivity index (χ4n) is 1.89. The van der Waals surface area contributed by atoms with Gasteiger partial charge in [-0.3, -0.25) is 5.41 Å². The van der Waals surface area contributed by atoms with E-state index in [0.717, 1.165) is 11.0 Å². The van der Waals surface area contributed by atoms with Crippen LogP contribution in [0.25, 0.3) is 16.7 Å². The van der Waals surface area contributed by atoms with Crippen LogP contribution in [0, 0.1) is 5.41 Å². The number of para-hydroxylation sites is 1. The molecule has 6 heteroatoms. The van der Waals surface area contributed by atoms with Crippen molar-refractivity contribution in [1.29, 1.82) is 5.41 Å². The number of hydrogen-bond donors (Lipinski definition) is 2. The Balaban J connectivity index is 2.19. The molecule has 0 fully saturated rings. The third-order valence-electron chi connectivity index (χ3n) is 2.84. The molecule has 19 heavy (non-hydrogen) atoms. The van der Waals surface area contributed by atoms with Gasteiger partial charge >= 0.3 is 0 Å². The van der Waals surface area contributed by atoms with Crippen molar-refractivity contribution in [2.45, 2.75) is 0 Å². The minimum Gasteiger partial charge on any atom is -0.384 e. The van der Waals surface area contributed by atoms with Gasteiger partial charge in [-0.25, -0.2) is 4.68 Å². The standard InChI is InChI=1S/C13H10ClN5/c14-9-7-8(13(15)16)5-6-11(9)19-12-4-2-1-3-10(12)17-18-19/h1-7H,(H3,15,16). The minimum absolute atomic E-state index is 0.0168. The predicted octanol–water partition coefficient (Wildman–Crippen LogP) is 2.36. The predicted molar refractivity (Wildman–Crippen MR) is 74.9 cm³/mol. The molecule has 0 saturated carbocycles. The molecular formula is C13H10ClN5. The van der Waals surface area contributed by atoms with E-state index < -0.39 is 0 Å². The van der Waals surface area contributed by atoms with E-state index in [1.54, 1.807) is 22.9 Å². The Kier molecular flexibility index (Phi) is 2.68. The first kappa shape index (κ1) is 11.7. The Morgan fingerprint density at radius 2 is 2.00 bits per heavy atom. The lowest BCUT2D eigenvalue weighted by Crippen LogP contribution is -2.11. The summed E-state index contributed by atoms with van der Waals surface area (Å²) in [6, 6.07) is 12.8. The van der Waals surface area contributed by atoms with Crippen LogP contribution in [0.4, 0.5) is 0 Å². The molecule has 0 amide bonds. The number of aromatic nitrogens is 3. The highest BCUT2D eigenvalue weighted by molar-refractivity contribution is 6.32. The van der Waals surface area contributed by atoms with Gasteiger partial charge in [0.1, 0.15) is 11.4 Å². The van der Waals surface area contributed by atoms with Gasteiger partial charge in [0.15, 0.2) is 0 Å². The molecule has 0 aliphatic heterocycles. The maximum Gasteiger partial charge on any atom is 0.122 e. The van der Waals surface area contributed by atoms with Crippen molar-refractivity contribution < 1.29 is 0 Å². The third kappa shape index (κ3) is 1.94. The van der Waals surface area contributed by atoms with Crippen LogP contribution in [-0.4, -0.2) is 20.8 Å². The second-order valence-electron chi connectivity index (χ2n) is 4.07. The summed E-state index contributed by atoms with van der Waals surface area (Å²) in [5, 5.41) is 16.0. The molecule has 0 radical (unpaired) electrons. The molecule has 0 saturated heterocycles. The zero-order valence-electron chi connectivity index (χ0n) is 9.84. The molecule has 0 aliphatic carbocycles. The molecule has 94 valence electrons. The molecule has 3 rings (SSSR count). The van der Waals surface area contributed by atoms with Crippen molar-refractivity contribution in [1.82, 2.24) is 15.0 Å². The maximum absolute atomic E-state index is 7.39. The van der Waals surface area contributed by atoms with E-state index in [1.165, 1.54) is 0 Å². The van der Waals surface area contributed by atoms with E-state index in [-0.39, 0.29) is 5.84 Å². The number of amidine groups is 1. The zero-order valence-corrected chi connectivity index (χ0v) is 10.6. The van der Waals surface area contributed by atoms with Crippen LogP contribution >= 0.6 is 11.6 Å². The SMILES string of the molecule is N=C(N)c1ccc(-n2nnc3ccccc32)c(Cl)c1. The van der Waals surface area contributed by atoms with Gasteiger partial charge in [0.05, 0.1) is 16.2 Å². The average molecular weight is 272 g/mol. The molecule has 1 aromatic heterocycles.